The minimum Gasteiger partial charge on any atom is -0.493 e. The van der Waals surface area contributed by atoms with Gasteiger partial charge in [-0.3, -0.25) is 0 Å². The number of fused-ring (bicyclic) bond motifs is 1. The van der Waals surface area contributed by atoms with Crippen molar-refractivity contribution in [1.29, 1.82) is 0 Å². The van der Waals surface area contributed by atoms with Gasteiger partial charge in [0, 0.05) is 18.8 Å². The van der Waals surface area contributed by atoms with Crippen LogP contribution in [-0.2, 0) is 7.05 Å². The van der Waals surface area contributed by atoms with Crippen molar-refractivity contribution in [3.63, 3.8) is 0 Å². The Balaban J connectivity index is 2.19. The van der Waals surface area contributed by atoms with E-state index in [-0.39, 0.29) is 0 Å². The van der Waals surface area contributed by atoms with Gasteiger partial charge < -0.3 is 14.0 Å². The lowest BCUT2D eigenvalue weighted by atomic mass is 10.1. The summed E-state index contributed by atoms with van der Waals surface area (Å²) in [5, 5.41) is 0. The van der Waals surface area contributed by atoms with Crippen molar-refractivity contribution >= 4 is 33.8 Å². The predicted molar refractivity (Wildman–Crippen MR) is 94.5 cm³/mol. The van der Waals surface area contributed by atoms with Crippen LogP contribution in [0.5, 0.6) is 11.5 Å². The maximum absolute atomic E-state index is 5.42. The third-order valence-corrected chi connectivity index (χ3v) is 4.37. The number of aromatic nitrogens is 3. The van der Waals surface area contributed by atoms with Crippen molar-refractivity contribution in [1.82, 2.24) is 14.5 Å². The van der Waals surface area contributed by atoms with Gasteiger partial charge in [0.25, 0.3) is 0 Å². The summed E-state index contributed by atoms with van der Waals surface area (Å²) in [7, 11) is 5.25. The zero-order valence-electron chi connectivity index (χ0n) is 12.8. The Morgan fingerprint density at radius 3 is 2.64 bits per heavy atom. The lowest BCUT2D eigenvalue weighted by Gasteiger charge is -2.12. The minimum atomic E-state index is 0.696. The zero-order chi connectivity index (χ0) is 15.9. The molecule has 6 heteroatoms. The second-order valence-corrected chi connectivity index (χ2v) is 6.21. The average Bonchev–Trinajstić information content (AvgIpc) is 2.80. The van der Waals surface area contributed by atoms with Crippen molar-refractivity contribution in [3.05, 3.63) is 33.7 Å². The summed E-state index contributed by atoms with van der Waals surface area (Å²) in [6, 6.07) is 3.96. The summed E-state index contributed by atoms with van der Waals surface area (Å²) in [6.45, 7) is 1.99. The molecule has 0 spiro atoms. The molecule has 0 radical (unpaired) electrons. The van der Waals surface area contributed by atoms with Gasteiger partial charge in [0.2, 0.25) is 0 Å². The lowest BCUT2D eigenvalue weighted by Crippen LogP contribution is -1.96. The van der Waals surface area contributed by atoms with Gasteiger partial charge in [-0.25, -0.2) is 9.97 Å². The smallest absolute Gasteiger partial charge is 0.163 e. The zero-order valence-corrected chi connectivity index (χ0v) is 15.0. The Morgan fingerprint density at radius 1 is 1.18 bits per heavy atom. The second kappa shape index (κ2) is 5.75. The molecular weight excluding hydrogens is 393 g/mol. The van der Waals surface area contributed by atoms with Crippen molar-refractivity contribution in [2.75, 3.05) is 14.2 Å². The Kier molecular flexibility index (Phi) is 3.94. The van der Waals surface area contributed by atoms with Crippen LogP contribution < -0.4 is 9.47 Å². The van der Waals surface area contributed by atoms with E-state index < -0.39 is 0 Å². The molecule has 114 valence electrons. The van der Waals surface area contributed by atoms with Gasteiger partial charge in [-0.1, -0.05) is 0 Å². The van der Waals surface area contributed by atoms with E-state index in [0.29, 0.717) is 5.75 Å². The molecule has 0 fully saturated rings. The highest BCUT2D eigenvalue weighted by atomic mass is 127. The van der Waals surface area contributed by atoms with Crippen molar-refractivity contribution in [2.45, 2.75) is 6.92 Å². The minimum absolute atomic E-state index is 0.696. The molecule has 0 amide bonds. The van der Waals surface area contributed by atoms with Gasteiger partial charge in [-0.2, -0.15) is 0 Å². The number of rotatable bonds is 3. The number of halogens is 1. The van der Waals surface area contributed by atoms with E-state index in [9.17, 15) is 0 Å². The van der Waals surface area contributed by atoms with Crippen molar-refractivity contribution < 1.29 is 9.47 Å². The third kappa shape index (κ3) is 2.41. The van der Waals surface area contributed by atoms with Crippen LogP contribution in [0.15, 0.2) is 24.5 Å². The fourth-order valence-corrected chi connectivity index (χ4v) is 3.31. The molecule has 0 aliphatic heterocycles. The number of ether oxygens (including phenoxy) is 2. The highest BCUT2D eigenvalue weighted by Crippen LogP contribution is 2.35. The first-order valence-corrected chi connectivity index (χ1v) is 7.83. The molecular formula is C16H16IN3O2. The molecule has 0 unspecified atom stereocenters. The van der Waals surface area contributed by atoms with E-state index >= 15 is 0 Å². The molecule has 22 heavy (non-hydrogen) atoms. The van der Waals surface area contributed by atoms with Crippen LogP contribution in [0.2, 0.25) is 0 Å². The first-order chi connectivity index (χ1) is 10.5. The Morgan fingerprint density at radius 2 is 1.95 bits per heavy atom. The molecule has 0 bridgehead atoms. The summed E-state index contributed by atoms with van der Waals surface area (Å²) in [4.78, 5) is 9.28. The summed E-state index contributed by atoms with van der Waals surface area (Å²) >= 11 is 2.28. The maximum Gasteiger partial charge on any atom is 0.163 e. The van der Waals surface area contributed by atoms with E-state index in [4.69, 9.17) is 14.5 Å². The van der Waals surface area contributed by atoms with E-state index in [1.54, 1.807) is 20.4 Å². The SMILES string of the molecule is COc1cc(-c2cnc3c(n2)c(I)cn3C)cc(C)c1OC. The van der Waals surface area contributed by atoms with Crippen LogP contribution in [0.25, 0.3) is 22.4 Å². The van der Waals surface area contributed by atoms with Crippen molar-refractivity contribution in [2.24, 2.45) is 7.05 Å². The van der Waals surface area contributed by atoms with Crippen LogP contribution in [0.1, 0.15) is 5.56 Å². The van der Waals surface area contributed by atoms with Crippen LogP contribution in [0.3, 0.4) is 0 Å². The van der Waals surface area contributed by atoms with Gasteiger partial charge >= 0.3 is 0 Å². The molecule has 0 N–H and O–H groups in total. The van der Waals surface area contributed by atoms with Gasteiger partial charge in [-0.05, 0) is 47.2 Å². The van der Waals surface area contributed by atoms with Gasteiger partial charge in [0.05, 0.1) is 29.7 Å². The lowest BCUT2D eigenvalue weighted by molar-refractivity contribution is 0.353. The topological polar surface area (TPSA) is 49.2 Å². The van der Waals surface area contributed by atoms with Crippen molar-refractivity contribution in [3.8, 4) is 22.8 Å². The number of aryl methyl sites for hydroxylation is 2. The summed E-state index contributed by atoms with van der Waals surface area (Å²) < 4.78 is 13.9. The Bertz CT molecular complexity index is 858. The van der Waals surface area contributed by atoms with Gasteiger partial charge in [0.1, 0.15) is 5.52 Å². The fraction of sp³-hybridized carbons (Fsp3) is 0.250. The molecule has 0 atom stereocenters. The molecule has 0 saturated carbocycles. The summed E-state index contributed by atoms with van der Waals surface area (Å²) in [5.74, 6) is 1.44. The maximum atomic E-state index is 5.42. The normalized spacial score (nSPS) is 11.0. The second-order valence-electron chi connectivity index (χ2n) is 5.04. The highest BCUT2D eigenvalue weighted by molar-refractivity contribution is 14.1. The quantitative estimate of drug-likeness (QED) is 0.621. The highest BCUT2D eigenvalue weighted by Gasteiger charge is 2.13. The number of nitrogens with zero attached hydrogens (tertiary/aromatic N) is 3. The molecule has 5 nitrogen and oxygen atoms in total. The third-order valence-electron chi connectivity index (χ3n) is 3.58. The van der Waals surface area contributed by atoms with E-state index in [1.807, 2.05) is 36.9 Å². The van der Waals surface area contributed by atoms with Gasteiger partial charge in [-0.15, -0.1) is 0 Å². The van der Waals surface area contributed by atoms with Crippen LogP contribution in [-0.4, -0.2) is 28.8 Å². The van der Waals surface area contributed by atoms with E-state index in [1.165, 1.54) is 0 Å². The molecule has 2 heterocycles. The van der Waals surface area contributed by atoms with Crippen LogP contribution in [0, 0.1) is 10.5 Å². The van der Waals surface area contributed by atoms with Crippen LogP contribution in [0.4, 0.5) is 0 Å². The molecule has 0 saturated heterocycles. The Hall–Kier alpha value is -1.83. The molecule has 3 rings (SSSR count). The monoisotopic (exact) mass is 409 g/mol. The van der Waals surface area contributed by atoms with Crippen LogP contribution >= 0.6 is 22.6 Å². The summed E-state index contributed by atoms with van der Waals surface area (Å²) in [5.41, 5.74) is 4.57. The first-order valence-electron chi connectivity index (χ1n) is 6.75. The Labute approximate surface area is 142 Å². The van der Waals surface area contributed by atoms with E-state index in [2.05, 4.69) is 27.6 Å². The standard InChI is InChI=1S/C16H16IN3O2/c1-9-5-10(6-13(21-3)15(9)22-4)12-7-18-16-14(19-12)11(17)8-20(16)2/h5-8H,1-4H3. The summed E-state index contributed by atoms with van der Waals surface area (Å²) in [6.07, 6.45) is 3.81. The largest absolute Gasteiger partial charge is 0.493 e. The molecule has 2 aromatic heterocycles. The van der Waals surface area contributed by atoms with Gasteiger partial charge in [0.15, 0.2) is 17.1 Å². The number of methoxy groups -OCH3 is 2. The molecule has 3 aromatic rings. The first kappa shape index (κ1) is 15.1. The molecule has 0 aliphatic rings. The number of benzene rings is 1. The predicted octanol–water partition coefficient (Wildman–Crippen LogP) is 3.57. The molecule has 1 aromatic carbocycles. The molecule has 0 aliphatic carbocycles. The fourth-order valence-electron chi connectivity index (χ4n) is 2.54. The van der Waals surface area contributed by atoms with E-state index in [0.717, 1.165) is 37.3 Å². The number of hydrogen-bond acceptors (Lipinski definition) is 4. The number of hydrogen-bond donors (Lipinski definition) is 0. The average molecular weight is 409 g/mol.